The van der Waals surface area contributed by atoms with Crippen molar-refractivity contribution in [3.63, 3.8) is 0 Å². The Balaban J connectivity index is 1.82. The number of unbranched alkanes of at least 4 members (excludes halogenated alkanes) is 2. The minimum atomic E-state index is -4.47. The van der Waals surface area contributed by atoms with Crippen LogP contribution in [0.25, 0.3) is 0 Å². The standard InChI is InChI=1S/C34H44N2O10S2/c1-33(2)26-22-24(47(39,40)41)13-15-28(26)36(19-21-46-5)30(33)10-9-11-31-34(3,17-20-45-4)27-23-25(48(42,43)44)14-16-29(27)35(31)18-8-6-7-12-32(37)38/h9-11,13-16,22-23H,6-8,12,17-21H2,1-5H3,(H2-,37,38,39,40,41,42,43,44)/p+1. The first kappa shape index (κ1) is 37.4. The van der Waals surface area contributed by atoms with E-state index in [2.05, 4.69) is 9.48 Å². The number of methoxy groups -OCH3 is 2. The summed E-state index contributed by atoms with van der Waals surface area (Å²) in [5.74, 6) is -0.847. The Morgan fingerprint density at radius 2 is 1.52 bits per heavy atom. The van der Waals surface area contributed by atoms with Gasteiger partial charge in [0.2, 0.25) is 5.69 Å². The molecule has 2 aliphatic rings. The number of rotatable bonds is 16. The Morgan fingerprint density at radius 1 is 0.896 bits per heavy atom. The number of carbonyl (C=O) groups is 1. The van der Waals surface area contributed by atoms with Crippen LogP contribution < -0.4 is 4.90 Å². The summed E-state index contributed by atoms with van der Waals surface area (Å²) >= 11 is 0. The second-order valence-corrected chi connectivity index (χ2v) is 15.6. The largest absolute Gasteiger partial charge is 0.481 e. The van der Waals surface area contributed by atoms with E-state index in [1.54, 1.807) is 26.4 Å². The number of carboxylic acids is 1. The third-order valence-corrected chi connectivity index (χ3v) is 11.0. The molecule has 48 heavy (non-hydrogen) atoms. The number of benzene rings is 2. The number of aliphatic carboxylic acids is 1. The zero-order valence-electron chi connectivity index (χ0n) is 28.0. The van der Waals surface area contributed by atoms with Gasteiger partial charge in [-0.25, -0.2) is 0 Å². The Bertz CT molecular complexity index is 1860. The van der Waals surface area contributed by atoms with Gasteiger partial charge in [-0.3, -0.25) is 13.9 Å². The molecule has 1 unspecified atom stereocenters. The van der Waals surface area contributed by atoms with Crippen LogP contribution >= 0.6 is 0 Å². The average molecular weight is 706 g/mol. The van der Waals surface area contributed by atoms with Gasteiger partial charge in [-0.15, -0.1) is 0 Å². The van der Waals surface area contributed by atoms with Gasteiger partial charge < -0.3 is 19.5 Å². The molecular formula is C34H45N2O10S2+. The minimum absolute atomic E-state index is 0.0768. The molecule has 14 heteroatoms. The third kappa shape index (κ3) is 7.74. The highest BCUT2D eigenvalue weighted by molar-refractivity contribution is 7.86. The number of carboxylic acid groups (broad SMARTS) is 1. The number of ether oxygens (including phenoxy) is 2. The van der Waals surface area contributed by atoms with E-state index in [1.165, 1.54) is 24.3 Å². The van der Waals surface area contributed by atoms with Crippen LogP contribution in [-0.4, -0.2) is 87.8 Å². The maximum Gasteiger partial charge on any atom is 0.303 e. The highest BCUT2D eigenvalue weighted by Crippen LogP contribution is 2.51. The van der Waals surface area contributed by atoms with E-state index in [0.717, 1.165) is 33.9 Å². The molecule has 0 radical (unpaired) electrons. The number of fused-ring (bicyclic) bond motifs is 2. The molecular weight excluding hydrogens is 661 g/mol. The lowest BCUT2D eigenvalue weighted by atomic mass is 9.78. The number of hydrogen-bond acceptors (Lipinski definition) is 8. The van der Waals surface area contributed by atoms with E-state index in [9.17, 15) is 30.7 Å². The molecule has 2 aliphatic heterocycles. The predicted octanol–water partition coefficient (Wildman–Crippen LogP) is 5.10. The van der Waals surface area contributed by atoms with Crippen molar-refractivity contribution in [2.45, 2.75) is 73.5 Å². The minimum Gasteiger partial charge on any atom is -0.481 e. The summed E-state index contributed by atoms with van der Waals surface area (Å²) in [4.78, 5) is 12.8. The molecule has 1 atom stereocenters. The number of anilines is 1. The topological polar surface area (TPSA) is 171 Å². The Morgan fingerprint density at radius 3 is 2.12 bits per heavy atom. The van der Waals surface area contributed by atoms with Gasteiger partial charge in [0.15, 0.2) is 12.3 Å². The average Bonchev–Trinajstić information content (AvgIpc) is 3.37. The van der Waals surface area contributed by atoms with Crippen LogP contribution in [0.3, 0.4) is 0 Å². The molecule has 0 aliphatic carbocycles. The fourth-order valence-electron chi connectivity index (χ4n) is 6.69. The van der Waals surface area contributed by atoms with Crippen LogP contribution in [0.4, 0.5) is 11.4 Å². The molecule has 0 fully saturated rings. The fraction of sp³-hybridized carbons (Fsp3) is 0.471. The van der Waals surface area contributed by atoms with Gasteiger partial charge >= 0.3 is 5.97 Å². The van der Waals surface area contributed by atoms with Gasteiger partial charge in [0.25, 0.3) is 20.2 Å². The van der Waals surface area contributed by atoms with Crippen LogP contribution in [0.5, 0.6) is 0 Å². The van der Waals surface area contributed by atoms with Crippen LogP contribution in [0, 0.1) is 0 Å². The van der Waals surface area contributed by atoms with Crippen molar-refractivity contribution in [3.8, 4) is 0 Å². The molecule has 0 aromatic heterocycles. The van der Waals surface area contributed by atoms with Crippen molar-refractivity contribution >= 4 is 43.3 Å². The molecule has 0 amide bonds. The van der Waals surface area contributed by atoms with Crippen LogP contribution in [-0.2, 0) is 45.3 Å². The molecule has 12 nitrogen and oxygen atoms in total. The summed E-state index contributed by atoms with van der Waals surface area (Å²) < 4.78 is 80.8. The Hall–Kier alpha value is -3.40. The van der Waals surface area contributed by atoms with Gasteiger partial charge in [0, 0.05) is 68.3 Å². The monoisotopic (exact) mass is 705 g/mol. The van der Waals surface area contributed by atoms with E-state index in [4.69, 9.17) is 14.6 Å². The quantitative estimate of drug-likeness (QED) is 0.121. The van der Waals surface area contributed by atoms with Crippen molar-refractivity contribution in [2.75, 3.05) is 45.4 Å². The van der Waals surface area contributed by atoms with Crippen LogP contribution in [0.2, 0.25) is 0 Å². The highest BCUT2D eigenvalue weighted by Gasteiger charge is 2.46. The van der Waals surface area contributed by atoms with Crippen molar-refractivity contribution in [2.24, 2.45) is 0 Å². The smallest absolute Gasteiger partial charge is 0.303 e. The molecule has 2 heterocycles. The lowest BCUT2D eigenvalue weighted by Crippen LogP contribution is -2.30. The summed E-state index contributed by atoms with van der Waals surface area (Å²) in [6, 6.07) is 9.14. The Kier molecular flexibility index (Phi) is 11.4. The predicted molar refractivity (Wildman–Crippen MR) is 182 cm³/mol. The van der Waals surface area contributed by atoms with Gasteiger partial charge in [0.1, 0.15) is 6.61 Å². The van der Waals surface area contributed by atoms with Gasteiger partial charge in [-0.1, -0.05) is 12.5 Å². The molecule has 0 bridgehead atoms. The van der Waals surface area contributed by atoms with Gasteiger partial charge in [-0.05, 0) is 82.0 Å². The van der Waals surface area contributed by atoms with Crippen molar-refractivity contribution in [1.82, 2.24) is 0 Å². The summed E-state index contributed by atoms with van der Waals surface area (Å²) in [5, 5.41) is 9.08. The maximum atomic E-state index is 12.2. The van der Waals surface area contributed by atoms with Gasteiger partial charge in [-0.2, -0.15) is 21.4 Å². The first-order valence-electron chi connectivity index (χ1n) is 15.7. The normalized spacial score (nSPS) is 19.8. The van der Waals surface area contributed by atoms with Gasteiger partial charge in [0.05, 0.1) is 15.2 Å². The van der Waals surface area contributed by atoms with Crippen LogP contribution in [0.1, 0.15) is 64.0 Å². The molecule has 4 rings (SSSR count). The summed E-state index contributed by atoms with van der Waals surface area (Å²) in [7, 11) is -5.68. The van der Waals surface area contributed by atoms with E-state index >= 15 is 0 Å². The summed E-state index contributed by atoms with van der Waals surface area (Å²) in [5.41, 5.74) is 3.45. The van der Waals surface area contributed by atoms with Crippen molar-refractivity contribution < 1.29 is 49.9 Å². The molecule has 0 spiro atoms. The van der Waals surface area contributed by atoms with E-state index in [1.807, 2.05) is 39.0 Å². The second-order valence-electron chi connectivity index (χ2n) is 12.8. The van der Waals surface area contributed by atoms with Crippen LogP contribution in [0.15, 0.2) is 70.1 Å². The Labute approximate surface area is 282 Å². The van der Waals surface area contributed by atoms with E-state index in [0.29, 0.717) is 52.0 Å². The molecule has 2 aromatic rings. The number of allylic oxidation sites excluding steroid dienone is 4. The molecule has 2 aromatic carbocycles. The highest BCUT2D eigenvalue weighted by atomic mass is 32.2. The molecule has 262 valence electrons. The molecule has 3 N–H and O–H groups in total. The zero-order valence-corrected chi connectivity index (χ0v) is 29.6. The molecule has 0 saturated heterocycles. The number of nitrogens with zero attached hydrogens (tertiary/aromatic N) is 2. The fourth-order valence-corrected chi connectivity index (χ4v) is 7.71. The SMILES string of the molecule is COCC[N+]1=C(/C=C/C=C2/N(CCCCCC(=O)O)c3ccc(S(=O)(=O)O)cc3C2(C)CCOC)C(C)(C)c2cc(S(=O)(=O)O)ccc21. The maximum absolute atomic E-state index is 12.2. The lowest BCUT2D eigenvalue weighted by molar-refractivity contribution is -0.441. The zero-order chi connectivity index (χ0) is 35.5. The first-order valence-corrected chi connectivity index (χ1v) is 18.6. The first-order chi connectivity index (χ1) is 22.5. The van der Waals surface area contributed by atoms with E-state index < -0.39 is 37.0 Å². The van der Waals surface area contributed by atoms with E-state index in [-0.39, 0.29) is 16.2 Å². The summed E-state index contributed by atoms with van der Waals surface area (Å²) in [6.07, 6.45) is 8.34. The van der Waals surface area contributed by atoms with Crippen molar-refractivity contribution in [3.05, 3.63) is 71.5 Å². The summed E-state index contributed by atoms with van der Waals surface area (Å²) in [6.45, 7) is 7.79. The molecule has 0 saturated carbocycles. The third-order valence-electron chi connectivity index (χ3n) is 9.27. The number of hydrogen-bond donors (Lipinski definition) is 3. The van der Waals surface area contributed by atoms with Crippen molar-refractivity contribution in [1.29, 1.82) is 0 Å². The lowest BCUT2D eigenvalue weighted by Gasteiger charge is -2.30. The second kappa shape index (κ2) is 14.6.